The summed E-state index contributed by atoms with van der Waals surface area (Å²) in [4.78, 5) is 10.3. The van der Waals surface area contributed by atoms with E-state index in [1.807, 2.05) is 0 Å². The maximum Gasteiger partial charge on any atom is 0.573 e. The van der Waals surface area contributed by atoms with Crippen molar-refractivity contribution in [3.63, 3.8) is 0 Å². The van der Waals surface area contributed by atoms with E-state index in [2.05, 4.69) is 4.74 Å². The van der Waals surface area contributed by atoms with Crippen LogP contribution in [0.25, 0.3) is 0 Å². The maximum atomic E-state index is 12.7. The Bertz CT molecular complexity index is 702. The molecule has 130 valence electrons. The first-order valence-corrected chi connectivity index (χ1v) is 6.91. The molecule has 1 aliphatic carbocycles. The summed E-state index contributed by atoms with van der Waals surface area (Å²) in [5, 5.41) is 11.2. The van der Waals surface area contributed by atoms with Crippen LogP contribution in [0, 0.1) is 10.1 Å². The van der Waals surface area contributed by atoms with Gasteiger partial charge in [-0.05, 0) is 18.2 Å². The van der Waals surface area contributed by atoms with Crippen LogP contribution in [0.1, 0.15) is 6.42 Å². The minimum Gasteiger partial charge on any atom is -0.491 e. The summed E-state index contributed by atoms with van der Waals surface area (Å²) in [6, 6.07) is 4.57. The third-order valence-corrected chi connectivity index (χ3v) is 3.34. The Morgan fingerprint density at radius 1 is 1.33 bits per heavy atom. The van der Waals surface area contributed by atoms with E-state index in [1.54, 1.807) is 12.1 Å². The molecule has 0 spiro atoms. The van der Waals surface area contributed by atoms with Crippen molar-refractivity contribution in [1.29, 1.82) is 0 Å². The fraction of sp³-hybridized carbons (Fsp3) is 0.286. The first-order valence-electron chi connectivity index (χ1n) is 6.53. The second kappa shape index (κ2) is 7.00. The molecule has 10 heteroatoms. The molecule has 1 aliphatic rings. The van der Waals surface area contributed by atoms with Gasteiger partial charge in [-0.15, -0.1) is 13.2 Å². The molecular formula is C14H11ClF3NO5. The highest BCUT2D eigenvalue weighted by Gasteiger charge is 2.42. The zero-order valence-electron chi connectivity index (χ0n) is 12.2. The van der Waals surface area contributed by atoms with Crippen molar-refractivity contribution < 1.29 is 32.3 Å². The fourth-order valence-corrected chi connectivity index (χ4v) is 2.23. The Hall–Kier alpha value is -2.42. The van der Waals surface area contributed by atoms with Crippen LogP contribution in [0.15, 0.2) is 47.6 Å². The van der Waals surface area contributed by atoms with Crippen molar-refractivity contribution in [3.05, 3.63) is 62.8 Å². The zero-order valence-corrected chi connectivity index (χ0v) is 12.9. The lowest BCUT2D eigenvalue weighted by atomic mass is 10.0. The van der Waals surface area contributed by atoms with Gasteiger partial charge in [0.25, 0.3) is 6.04 Å². The van der Waals surface area contributed by atoms with Gasteiger partial charge < -0.3 is 14.2 Å². The number of benzene rings is 1. The molecule has 0 bridgehead atoms. The Kier molecular flexibility index (Phi) is 5.23. The van der Waals surface area contributed by atoms with Crippen LogP contribution in [0.4, 0.5) is 13.2 Å². The van der Waals surface area contributed by atoms with Gasteiger partial charge in [0.2, 0.25) is 11.5 Å². The number of ether oxygens (including phenoxy) is 3. The third-order valence-electron chi connectivity index (χ3n) is 3.03. The molecule has 1 aromatic carbocycles. The Balaban J connectivity index is 2.43. The molecule has 0 heterocycles. The van der Waals surface area contributed by atoms with Gasteiger partial charge in [-0.25, -0.2) is 0 Å². The van der Waals surface area contributed by atoms with E-state index in [0.717, 1.165) is 13.2 Å². The third kappa shape index (κ3) is 4.10. The highest BCUT2D eigenvalue weighted by Crippen LogP contribution is 2.36. The van der Waals surface area contributed by atoms with Gasteiger partial charge in [0.1, 0.15) is 5.75 Å². The Labute approximate surface area is 139 Å². The molecule has 0 saturated carbocycles. The number of para-hydroxylation sites is 1. The van der Waals surface area contributed by atoms with Crippen LogP contribution in [-0.2, 0) is 9.47 Å². The van der Waals surface area contributed by atoms with E-state index in [9.17, 15) is 23.3 Å². The second-order valence-electron chi connectivity index (χ2n) is 4.58. The largest absolute Gasteiger partial charge is 0.573 e. The molecular weight excluding hydrogens is 355 g/mol. The van der Waals surface area contributed by atoms with Crippen LogP contribution in [0.2, 0.25) is 5.02 Å². The highest BCUT2D eigenvalue weighted by atomic mass is 35.5. The lowest BCUT2D eigenvalue weighted by molar-refractivity contribution is -0.516. The van der Waals surface area contributed by atoms with E-state index in [0.29, 0.717) is 0 Å². The predicted octanol–water partition coefficient (Wildman–Crippen LogP) is 4.05. The van der Waals surface area contributed by atoms with Crippen molar-refractivity contribution >= 4 is 11.6 Å². The van der Waals surface area contributed by atoms with E-state index in [-0.39, 0.29) is 23.0 Å². The number of hydrogen-bond donors (Lipinski definition) is 0. The highest BCUT2D eigenvalue weighted by molar-refractivity contribution is 6.32. The van der Waals surface area contributed by atoms with Crippen molar-refractivity contribution in [2.45, 2.75) is 18.8 Å². The van der Waals surface area contributed by atoms with E-state index in [1.165, 1.54) is 12.1 Å². The second-order valence-corrected chi connectivity index (χ2v) is 4.99. The van der Waals surface area contributed by atoms with Gasteiger partial charge in [-0.1, -0.05) is 23.7 Å². The molecule has 0 fully saturated rings. The molecule has 24 heavy (non-hydrogen) atoms. The first-order chi connectivity index (χ1) is 11.2. The smallest absolute Gasteiger partial charge is 0.491 e. The normalized spacial score (nSPS) is 18.0. The summed E-state index contributed by atoms with van der Waals surface area (Å²) in [7, 11) is 1.02. The number of rotatable bonds is 5. The van der Waals surface area contributed by atoms with Gasteiger partial charge in [-0.3, -0.25) is 10.1 Å². The predicted molar refractivity (Wildman–Crippen MR) is 76.7 cm³/mol. The minimum atomic E-state index is -5.08. The van der Waals surface area contributed by atoms with Crippen molar-refractivity contribution in [1.82, 2.24) is 0 Å². The Morgan fingerprint density at radius 3 is 2.54 bits per heavy atom. The van der Waals surface area contributed by atoms with Crippen LogP contribution in [0.3, 0.4) is 0 Å². The molecule has 0 amide bonds. The molecule has 0 aliphatic heterocycles. The van der Waals surface area contributed by atoms with E-state index >= 15 is 0 Å². The first kappa shape index (κ1) is 17.9. The molecule has 0 saturated heterocycles. The molecule has 2 rings (SSSR count). The van der Waals surface area contributed by atoms with Gasteiger partial charge in [-0.2, -0.15) is 0 Å². The van der Waals surface area contributed by atoms with Gasteiger partial charge in [0.05, 0.1) is 12.1 Å². The van der Waals surface area contributed by atoms with Gasteiger partial charge in [0.15, 0.2) is 5.76 Å². The standard InChI is InChI=1S/C14H11ClF3NO5/c1-22-12-9(19(20)21)6-7-11(13(12)24-14(16,17)18)23-10-5-3-2-4-8(10)15/h2-5,7,9H,6H2,1H3. The number of hydrogen-bond acceptors (Lipinski definition) is 5. The molecule has 6 nitrogen and oxygen atoms in total. The zero-order chi connectivity index (χ0) is 17.9. The quantitative estimate of drug-likeness (QED) is 0.581. The number of methoxy groups -OCH3 is 1. The molecule has 0 aromatic heterocycles. The average molecular weight is 366 g/mol. The summed E-state index contributed by atoms with van der Waals surface area (Å²) < 4.78 is 52.1. The molecule has 0 radical (unpaired) electrons. The summed E-state index contributed by atoms with van der Waals surface area (Å²) in [5.41, 5.74) is 0. The lowest BCUT2D eigenvalue weighted by Gasteiger charge is -2.23. The average Bonchev–Trinajstić information content (AvgIpc) is 2.49. The van der Waals surface area contributed by atoms with Crippen LogP contribution in [-0.4, -0.2) is 24.4 Å². The van der Waals surface area contributed by atoms with Crippen molar-refractivity contribution in [3.8, 4) is 5.75 Å². The number of halogens is 4. The summed E-state index contributed by atoms with van der Waals surface area (Å²) in [5.74, 6) is -1.78. The van der Waals surface area contributed by atoms with Crippen LogP contribution < -0.4 is 4.74 Å². The minimum absolute atomic E-state index is 0.0729. The van der Waals surface area contributed by atoms with Crippen LogP contribution >= 0.6 is 11.6 Å². The lowest BCUT2D eigenvalue weighted by Crippen LogP contribution is -2.30. The fourth-order valence-electron chi connectivity index (χ4n) is 2.05. The van der Waals surface area contributed by atoms with E-state index < -0.39 is 28.8 Å². The van der Waals surface area contributed by atoms with Gasteiger partial charge >= 0.3 is 6.36 Å². The number of nitro groups is 1. The summed E-state index contributed by atoms with van der Waals surface area (Å²) in [6.45, 7) is 0. The SMILES string of the molecule is COC1=C(OC(F)(F)F)C(Oc2ccccc2Cl)=CCC1[N+](=O)[O-]. The van der Waals surface area contributed by atoms with Crippen molar-refractivity contribution in [2.75, 3.05) is 7.11 Å². The van der Waals surface area contributed by atoms with Gasteiger partial charge in [0, 0.05) is 11.3 Å². The number of alkyl halides is 3. The Morgan fingerprint density at radius 2 is 2.00 bits per heavy atom. The molecule has 1 unspecified atom stereocenters. The number of nitrogens with zero attached hydrogens (tertiary/aromatic N) is 1. The monoisotopic (exact) mass is 365 g/mol. The topological polar surface area (TPSA) is 70.8 Å². The van der Waals surface area contributed by atoms with Crippen molar-refractivity contribution in [2.24, 2.45) is 0 Å². The molecule has 1 aromatic rings. The molecule has 0 N–H and O–H groups in total. The maximum absolute atomic E-state index is 12.7. The van der Waals surface area contributed by atoms with Crippen LogP contribution in [0.5, 0.6) is 5.75 Å². The molecule has 1 atom stereocenters. The van der Waals surface area contributed by atoms with E-state index in [4.69, 9.17) is 21.1 Å². The summed E-state index contributed by atoms with van der Waals surface area (Å²) in [6.07, 6.45) is -4.18. The summed E-state index contributed by atoms with van der Waals surface area (Å²) >= 11 is 5.90.